The van der Waals surface area contributed by atoms with Crippen LogP contribution in [0.4, 0.5) is 23.3 Å². The van der Waals surface area contributed by atoms with E-state index in [2.05, 4.69) is 39.4 Å². The Balaban J connectivity index is 1.56. The number of hydrogen-bond acceptors (Lipinski definition) is 7. The van der Waals surface area contributed by atoms with Crippen LogP contribution in [0.2, 0.25) is 10.0 Å². The molecule has 3 aromatic rings. The topological polar surface area (TPSA) is 103 Å². The summed E-state index contributed by atoms with van der Waals surface area (Å²) in [5.41, 5.74) is 1.61. The van der Waals surface area contributed by atoms with E-state index in [-0.39, 0.29) is 27.6 Å². The monoisotopic (exact) mass is 486 g/mol. The molecule has 0 saturated carbocycles. The van der Waals surface area contributed by atoms with Crippen LogP contribution < -0.4 is 15.5 Å². The number of aliphatic hydroxyl groups is 1. The summed E-state index contributed by atoms with van der Waals surface area (Å²) in [6.07, 6.45) is 1.90. The van der Waals surface area contributed by atoms with Crippen molar-refractivity contribution in [3.63, 3.8) is 0 Å². The molecule has 2 aromatic heterocycles. The summed E-state index contributed by atoms with van der Waals surface area (Å²) < 4.78 is 0. The third-order valence-corrected chi connectivity index (χ3v) is 5.87. The smallest absolute Gasteiger partial charge is 0.258 e. The number of benzene rings is 1. The molecule has 1 fully saturated rings. The van der Waals surface area contributed by atoms with Crippen LogP contribution in [0.3, 0.4) is 0 Å². The average molecular weight is 487 g/mol. The SMILES string of the molecule is CC(C)c1cc(Nc2cc(NC(=O)c3c(Cl)cccc3Cl)ccn2)nc(N2CC[C@H](O)C2)n1. The highest BCUT2D eigenvalue weighted by Gasteiger charge is 2.23. The van der Waals surface area contributed by atoms with Crippen LogP contribution in [0.15, 0.2) is 42.6 Å². The molecule has 172 valence electrons. The van der Waals surface area contributed by atoms with Gasteiger partial charge in [0.05, 0.1) is 27.4 Å². The lowest BCUT2D eigenvalue weighted by molar-refractivity contribution is 0.102. The van der Waals surface area contributed by atoms with Crippen molar-refractivity contribution < 1.29 is 9.90 Å². The van der Waals surface area contributed by atoms with Crippen molar-refractivity contribution in [3.8, 4) is 0 Å². The first-order valence-electron chi connectivity index (χ1n) is 10.6. The fourth-order valence-electron chi connectivity index (χ4n) is 3.49. The van der Waals surface area contributed by atoms with E-state index in [0.717, 1.165) is 5.69 Å². The lowest BCUT2D eigenvalue weighted by Gasteiger charge is -2.19. The van der Waals surface area contributed by atoms with Crippen LogP contribution in [0.25, 0.3) is 0 Å². The van der Waals surface area contributed by atoms with Gasteiger partial charge in [-0.15, -0.1) is 0 Å². The summed E-state index contributed by atoms with van der Waals surface area (Å²) in [4.78, 5) is 28.3. The van der Waals surface area contributed by atoms with E-state index < -0.39 is 5.91 Å². The number of carbonyl (C=O) groups is 1. The molecule has 1 amide bonds. The Kier molecular flexibility index (Phi) is 6.97. The molecule has 33 heavy (non-hydrogen) atoms. The molecular weight excluding hydrogens is 463 g/mol. The average Bonchev–Trinajstić information content (AvgIpc) is 3.20. The van der Waals surface area contributed by atoms with Gasteiger partial charge in [0.25, 0.3) is 5.91 Å². The minimum atomic E-state index is -0.415. The van der Waals surface area contributed by atoms with Gasteiger partial charge in [-0.1, -0.05) is 43.1 Å². The second-order valence-electron chi connectivity index (χ2n) is 8.13. The summed E-state index contributed by atoms with van der Waals surface area (Å²) in [6, 6.07) is 10.1. The predicted octanol–water partition coefficient (Wildman–Crippen LogP) is 4.87. The number of carbonyl (C=O) groups excluding carboxylic acids is 1. The van der Waals surface area contributed by atoms with Crippen LogP contribution in [0.1, 0.15) is 42.2 Å². The molecule has 0 aliphatic carbocycles. The van der Waals surface area contributed by atoms with Gasteiger partial charge in [0.2, 0.25) is 5.95 Å². The lowest BCUT2D eigenvalue weighted by atomic mass is 10.1. The van der Waals surface area contributed by atoms with Crippen molar-refractivity contribution >= 4 is 52.4 Å². The zero-order chi connectivity index (χ0) is 23.5. The number of hydrogen-bond donors (Lipinski definition) is 3. The predicted molar refractivity (Wildman–Crippen MR) is 131 cm³/mol. The molecule has 0 radical (unpaired) electrons. The van der Waals surface area contributed by atoms with Gasteiger partial charge in [-0.2, -0.15) is 4.98 Å². The van der Waals surface area contributed by atoms with Crippen LogP contribution >= 0.6 is 23.2 Å². The first kappa shape index (κ1) is 23.2. The second kappa shape index (κ2) is 9.91. The summed E-state index contributed by atoms with van der Waals surface area (Å²) in [5, 5.41) is 16.4. The zero-order valence-corrected chi connectivity index (χ0v) is 19.7. The number of pyridine rings is 1. The van der Waals surface area contributed by atoms with Gasteiger partial charge in [0, 0.05) is 37.1 Å². The molecular formula is C23H24Cl2N6O2. The van der Waals surface area contributed by atoms with Gasteiger partial charge >= 0.3 is 0 Å². The van der Waals surface area contributed by atoms with Crippen molar-refractivity contribution in [3.05, 3.63) is 63.9 Å². The van der Waals surface area contributed by atoms with Crippen LogP contribution in [-0.4, -0.2) is 45.2 Å². The van der Waals surface area contributed by atoms with Crippen molar-refractivity contribution in [1.29, 1.82) is 0 Å². The number of halogens is 2. The van der Waals surface area contributed by atoms with E-state index in [1.54, 1.807) is 36.5 Å². The van der Waals surface area contributed by atoms with Crippen molar-refractivity contribution in [2.45, 2.75) is 32.3 Å². The minimum absolute atomic E-state index is 0.193. The zero-order valence-electron chi connectivity index (χ0n) is 18.2. The lowest BCUT2D eigenvalue weighted by Crippen LogP contribution is -2.24. The molecule has 10 heteroatoms. The van der Waals surface area contributed by atoms with Crippen LogP contribution in [0, 0.1) is 0 Å². The minimum Gasteiger partial charge on any atom is -0.391 e. The van der Waals surface area contributed by atoms with E-state index in [4.69, 9.17) is 23.2 Å². The Morgan fingerprint density at radius 3 is 2.58 bits per heavy atom. The Morgan fingerprint density at radius 1 is 1.15 bits per heavy atom. The fraction of sp³-hybridized carbons (Fsp3) is 0.304. The van der Waals surface area contributed by atoms with Gasteiger partial charge in [-0.3, -0.25) is 4.79 Å². The van der Waals surface area contributed by atoms with E-state index in [0.29, 0.717) is 42.8 Å². The molecule has 1 aliphatic rings. The molecule has 4 rings (SSSR count). The summed E-state index contributed by atoms with van der Waals surface area (Å²) in [7, 11) is 0. The molecule has 0 unspecified atom stereocenters. The Hall–Kier alpha value is -2.94. The normalized spacial score (nSPS) is 15.7. The molecule has 1 atom stereocenters. The van der Waals surface area contributed by atoms with E-state index in [1.807, 2.05) is 11.0 Å². The van der Waals surface area contributed by atoms with Crippen molar-refractivity contribution in [1.82, 2.24) is 15.0 Å². The molecule has 0 bridgehead atoms. The number of nitrogens with one attached hydrogen (secondary N) is 2. The maximum Gasteiger partial charge on any atom is 0.258 e. The highest BCUT2D eigenvalue weighted by atomic mass is 35.5. The third kappa shape index (κ3) is 5.52. The molecule has 1 aliphatic heterocycles. The Morgan fingerprint density at radius 2 is 1.91 bits per heavy atom. The van der Waals surface area contributed by atoms with Gasteiger partial charge in [0.15, 0.2) is 0 Å². The summed E-state index contributed by atoms with van der Waals surface area (Å²) in [5.74, 6) is 1.42. The molecule has 3 heterocycles. The van der Waals surface area contributed by atoms with Crippen LogP contribution in [-0.2, 0) is 0 Å². The van der Waals surface area contributed by atoms with E-state index >= 15 is 0 Å². The van der Waals surface area contributed by atoms with Crippen molar-refractivity contribution in [2.24, 2.45) is 0 Å². The number of β-amino-alcohol motifs (C(OH)–C–C–N with tert-alkyl or cyclic N) is 1. The second-order valence-corrected chi connectivity index (χ2v) is 8.94. The van der Waals surface area contributed by atoms with Gasteiger partial charge in [-0.25, -0.2) is 9.97 Å². The van der Waals surface area contributed by atoms with Gasteiger partial charge < -0.3 is 20.6 Å². The van der Waals surface area contributed by atoms with E-state index in [1.165, 1.54) is 0 Å². The van der Waals surface area contributed by atoms with Crippen molar-refractivity contribution in [2.75, 3.05) is 28.6 Å². The number of aliphatic hydroxyl groups excluding tert-OH is 1. The Labute approximate surface area is 202 Å². The van der Waals surface area contributed by atoms with Gasteiger partial charge in [-0.05, 0) is 30.5 Å². The molecule has 3 N–H and O–H groups in total. The quantitative estimate of drug-likeness (QED) is 0.456. The Bertz CT molecular complexity index is 1150. The molecule has 0 spiro atoms. The fourth-order valence-corrected chi connectivity index (χ4v) is 4.06. The highest BCUT2D eigenvalue weighted by molar-refractivity contribution is 6.40. The number of rotatable bonds is 6. The highest BCUT2D eigenvalue weighted by Crippen LogP contribution is 2.27. The first-order valence-corrected chi connectivity index (χ1v) is 11.4. The summed E-state index contributed by atoms with van der Waals surface area (Å²) in [6.45, 7) is 5.32. The molecule has 1 aromatic carbocycles. The number of nitrogens with zero attached hydrogens (tertiary/aromatic N) is 4. The molecule has 1 saturated heterocycles. The maximum atomic E-state index is 12.7. The summed E-state index contributed by atoms with van der Waals surface area (Å²) >= 11 is 12.3. The van der Waals surface area contributed by atoms with Crippen LogP contribution in [0.5, 0.6) is 0 Å². The van der Waals surface area contributed by atoms with E-state index in [9.17, 15) is 9.90 Å². The number of amides is 1. The maximum absolute atomic E-state index is 12.7. The number of aromatic nitrogens is 3. The largest absolute Gasteiger partial charge is 0.391 e. The van der Waals surface area contributed by atoms with Gasteiger partial charge in [0.1, 0.15) is 11.6 Å². The standard InChI is InChI=1S/C23H24Cl2N6O2/c1-13(2)18-11-20(30-23(28-18)31-9-7-15(32)12-31)29-19-10-14(6-8-26-19)27-22(33)21-16(24)4-3-5-17(21)25/h3-6,8,10-11,13,15,32H,7,9,12H2,1-2H3,(H2,26,27,28,29,30,33)/t15-/m0/s1. The first-order chi connectivity index (χ1) is 15.8. The third-order valence-electron chi connectivity index (χ3n) is 5.24. The number of anilines is 4. The molecule has 8 nitrogen and oxygen atoms in total.